The lowest BCUT2D eigenvalue weighted by molar-refractivity contribution is 0.248. The van der Waals surface area contributed by atoms with Crippen molar-refractivity contribution in [3.63, 3.8) is 0 Å². The van der Waals surface area contributed by atoms with E-state index in [1.807, 2.05) is 12.3 Å². The van der Waals surface area contributed by atoms with Gasteiger partial charge in [-0.2, -0.15) is 0 Å². The quantitative estimate of drug-likeness (QED) is 0.868. The summed E-state index contributed by atoms with van der Waals surface area (Å²) in [5, 5.41) is 0. The maximum absolute atomic E-state index is 13.6. The van der Waals surface area contributed by atoms with E-state index in [-0.39, 0.29) is 5.82 Å². The molecule has 0 amide bonds. The van der Waals surface area contributed by atoms with Gasteiger partial charge in [0.1, 0.15) is 5.82 Å². The fourth-order valence-corrected chi connectivity index (χ4v) is 2.91. The molecule has 21 heavy (non-hydrogen) atoms. The van der Waals surface area contributed by atoms with E-state index in [1.54, 1.807) is 18.3 Å². The van der Waals surface area contributed by atoms with Crippen LogP contribution in [0.1, 0.15) is 35.7 Å². The Balaban J connectivity index is 1.71. The van der Waals surface area contributed by atoms with Crippen molar-refractivity contribution in [2.75, 3.05) is 20.1 Å². The average molecular weight is 285 g/mol. The van der Waals surface area contributed by atoms with Gasteiger partial charge in [0, 0.05) is 31.3 Å². The topological polar surface area (TPSA) is 29.0 Å². The van der Waals surface area contributed by atoms with Crippen LogP contribution in [0, 0.1) is 5.82 Å². The molecule has 3 nitrogen and oxygen atoms in total. The highest BCUT2D eigenvalue weighted by Gasteiger charge is 2.20. The molecule has 110 valence electrons. The standard InChI is InChI=1S/C17H20FN3/c1-21-8-4-6-14(12-21)17-11-19-15(10-20-17)9-13-5-2-3-7-16(13)18/h2-3,5,7,10-11,14H,4,6,8-9,12H2,1H3/t14-/m1/s1. The van der Waals surface area contributed by atoms with Crippen molar-refractivity contribution in [2.45, 2.75) is 25.2 Å². The number of aromatic nitrogens is 2. The Hall–Kier alpha value is -1.81. The van der Waals surface area contributed by atoms with Gasteiger partial charge in [-0.3, -0.25) is 9.97 Å². The summed E-state index contributed by atoms with van der Waals surface area (Å²) in [4.78, 5) is 11.4. The summed E-state index contributed by atoms with van der Waals surface area (Å²) in [5.74, 6) is 0.288. The highest BCUT2D eigenvalue weighted by molar-refractivity contribution is 5.22. The van der Waals surface area contributed by atoms with Crippen LogP contribution in [-0.4, -0.2) is 35.0 Å². The molecular weight excluding hydrogens is 265 g/mol. The summed E-state index contributed by atoms with van der Waals surface area (Å²) in [6.07, 6.45) is 6.52. The van der Waals surface area contributed by atoms with E-state index < -0.39 is 0 Å². The summed E-state index contributed by atoms with van der Waals surface area (Å²) in [6, 6.07) is 6.82. The summed E-state index contributed by atoms with van der Waals surface area (Å²) in [6.45, 7) is 2.20. The lowest BCUT2D eigenvalue weighted by Gasteiger charge is -2.29. The molecule has 0 aliphatic carbocycles. The number of likely N-dealkylation sites (N-methyl/N-ethyl adjacent to an activating group) is 1. The van der Waals surface area contributed by atoms with Crippen LogP contribution < -0.4 is 0 Å². The molecule has 0 bridgehead atoms. The molecule has 1 aliphatic heterocycles. The Morgan fingerprint density at radius 1 is 1.24 bits per heavy atom. The molecule has 0 radical (unpaired) electrons. The first-order chi connectivity index (χ1) is 10.2. The SMILES string of the molecule is CN1CCC[C@@H](c2cnc(Cc3ccccc3F)cn2)C1. The maximum Gasteiger partial charge on any atom is 0.126 e. The number of rotatable bonds is 3. The van der Waals surface area contributed by atoms with Gasteiger partial charge in [-0.15, -0.1) is 0 Å². The molecule has 1 saturated heterocycles. The van der Waals surface area contributed by atoms with Gasteiger partial charge in [-0.1, -0.05) is 18.2 Å². The van der Waals surface area contributed by atoms with Crippen LogP contribution in [0.25, 0.3) is 0 Å². The third kappa shape index (κ3) is 3.45. The highest BCUT2D eigenvalue weighted by atomic mass is 19.1. The van der Waals surface area contributed by atoms with E-state index in [4.69, 9.17) is 0 Å². The number of nitrogens with zero attached hydrogens (tertiary/aromatic N) is 3. The minimum atomic E-state index is -0.183. The second kappa shape index (κ2) is 6.31. The van der Waals surface area contributed by atoms with Gasteiger partial charge in [-0.05, 0) is 38.1 Å². The van der Waals surface area contributed by atoms with Crippen molar-refractivity contribution in [1.29, 1.82) is 0 Å². The Morgan fingerprint density at radius 2 is 2.10 bits per heavy atom. The Kier molecular flexibility index (Phi) is 4.25. The Labute approximate surface area is 124 Å². The van der Waals surface area contributed by atoms with Crippen LogP contribution >= 0.6 is 0 Å². The molecule has 1 aromatic heterocycles. The molecule has 0 saturated carbocycles. The summed E-state index contributed by atoms with van der Waals surface area (Å²) < 4.78 is 13.6. The first-order valence-corrected chi connectivity index (χ1v) is 7.45. The number of hydrogen-bond acceptors (Lipinski definition) is 3. The molecular formula is C17H20FN3. The molecule has 2 heterocycles. The first-order valence-electron chi connectivity index (χ1n) is 7.45. The molecule has 0 N–H and O–H groups in total. The molecule has 0 unspecified atom stereocenters. The molecule has 3 rings (SSSR count). The minimum absolute atomic E-state index is 0.183. The minimum Gasteiger partial charge on any atom is -0.306 e. The van der Waals surface area contributed by atoms with E-state index >= 15 is 0 Å². The van der Waals surface area contributed by atoms with Crippen molar-refractivity contribution in [3.8, 4) is 0 Å². The van der Waals surface area contributed by atoms with Crippen LogP contribution in [0.4, 0.5) is 4.39 Å². The second-order valence-electron chi connectivity index (χ2n) is 5.80. The number of hydrogen-bond donors (Lipinski definition) is 0. The van der Waals surface area contributed by atoms with Gasteiger partial charge in [0.25, 0.3) is 0 Å². The third-order valence-electron chi connectivity index (χ3n) is 4.10. The molecule has 0 spiro atoms. The van der Waals surface area contributed by atoms with Gasteiger partial charge in [-0.25, -0.2) is 4.39 Å². The van der Waals surface area contributed by atoms with Crippen LogP contribution in [-0.2, 0) is 6.42 Å². The fourth-order valence-electron chi connectivity index (χ4n) is 2.91. The summed E-state index contributed by atoms with van der Waals surface area (Å²) in [7, 11) is 2.14. The Bertz CT molecular complexity index is 597. The van der Waals surface area contributed by atoms with Crippen molar-refractivity contribution >= 4 is 0 Å². The lowest BCUT2D eigenvalue weighted by atomic mass is 9.95. The van der Waals surface area contributed by atoms with E-state index in [9.17, 15) is 4.39 Å². The van der Waals surface area contributed by atoms with Crippen molar-refractivity contribution in [1.82, 2.24) is 14.9 Å². The number of benzene rings is 1. The fraction of sp³-hybridized carbons (Fsp3) is 0.412. The van der Waals surface area contributed by atoms with E-state index in [0.717, 1.165) is 24.5 Å². The predicted octanol–water partition coefficient (Wildman–Crippen LogP) is 3.02. The molecule has 4 heteroatoms. The number of piperidine rings is 1. The second-order valence-corrected chi connectivity index (χ2v) is 5.80. The zero-order valence-electron chi connectivity index (χ0n) is 12.3. The first kappa shape index (κ1) is 14.1. The largest absolute Gasteiger partial charge is 0.306 e. The van der Waals surface area contributed by atoms with Gasteiger partial charge < -0.3 is 4.90 Å². The van der Waals surface area contributed by atoms with Gasteiger partial charge >= 0.3 is 0 Å². The summed E-state index contributed by atoms with van der Waals surface area (Å²) >= 11 is 0. The van der Waals surface area contributed by atoms with Crippen LogP contribution in [0.15, 0.2) is 36.7 Å². The smallest absolute Gasteiger partial charge is 0.126 e. The Morgan fingerprint density at radius 3 is 2.81 bits per heavy atom. The maximum atomic E-state index is 13.6. The van der Waals surface area contributed by atoms with Crippen molar-refractivity contribution < 1.29 is 4.39 Å². The lowest BCUT2D eigenvalue weighted by Crippen LogP contribution is -2.31. The number of halogens is 1. The molecule has 1 atom stereocenters. The van der Waals surface area contributed by atoms with Gasteiger partial charge in [0.2, 0.25) is 0 Å². The number of likely N-dealkylation sites (tertiary alicyclic amines) is 1. The zero-order chi connectivity index (χ0) is 14.7. The van der Waals surface area contributed by atoms with E-state index in [1.165, 1.54) is 18.9 Å². The van der Waals surface area contributed by atoms with E-state index in [0.29, 0.717) is 17.9 Å². The predicted molar refractivity (Wildman–Crippen MR) is 80.7 cm³/mol. The molecule has 1 fully saturated rings. The van der Waals surface area contributed by atoms with E-state index in [2.05, 4.69) is 21.9 Å². The van der Waals surface area contributed by atoms with Crippen LogP contribution in [0.2, 0.25) is 0 Å². The van der Waals surface area contributed by atoms with Crippen molar-refractivity contribution in [3.05, 3.63) is 59.4 Å². The highest BCUT2D eigenvalue weighted by Crippen LogP contribution is 2.24. The van der Waals surface area contributed by atoms with Crippen LogP contribution in [0.5, 0.6) is 0 Å². The monoisotopic (exact) mass is 285 g/mol. The molecule has 1 aromatic carbocycles. The summed E-state index contributed by atoms with van der Waals surface area (Å²) in [5.41, 5.74) is 2.53. The van der Waals surface area contributed by atoms with Crippen LogP contribution in [0.3, 0.4) is 0 Å². The van der Waals surface area contributed by atoms with Crippen molar-refractivity contribution in [2.24, 2.45) is 0 Å². The third-order valence-corrected chi connectivity index (χ3v) is 4.10. The van der Waals surface area contributed by atoms with Gasteiger partial charge in [0.05, 0.1) is 11.4 Å². The van der Waals surface area contributed by atoms with Gasteiger partial charge in [0.15, 0.2) is 0 Å². The zero-order valence-corrected chi connectivity index (χ0v) is 12.3. The molecule has 2 aromatic rings. The molecule has 1 aliphatic rings. The average Bonchev–Trinajstić information content (AvgIpc) is 2.50. The normalized spacial score (nSPS) is 19.6.